The van der Waals surface area contributed by atoms with Gasteiger partial charge < -0.3 is 19.2 Å². The summed E-state index contributed by atoms with van der Waals surface area (Å²) in [6.07, 6.45) is 0.702. The standard InChI is InChI=1S/C24H27NO5/c1-16(13-14-18-9-5-4-6-10-18)25-23(26)17(2)29-24(27)22-20(15-28-3)19-11-7-8-12-21(19)30-22/h4-12,16-17H,13-15H2,1-3H3,(H,25,26)/t16-,17-/m0/s1. The zero-order chi connectivity index (χ0) is 21.5. The van der Waals surface area contributed by atoms with Gasteiger partial charge in [0.2, 0.25) is 5.76 Å². The van der Waals surface area contributed by atoms with Crippen molar-refractivity contribution in [1.82, 2.24) is 5.32 Å². The van der Waals surface area contributed by atoms with Crippen molar-refractivity contribution < 1.29 is 23.5 Å². The average Bonchev–Trinajstić information content (AvgIpc) is 3.12. The smallest absolute Gasteiger partial charge is 0.375 e. The Kier molecular flexibility index (Phi) is 7.25. The SMILES string of the molecule is COCc1c(C(=O)O[C@@H](C)C(=O)N[C@@H](C)CCc2ccccc2)oc2ccccc12. The maximum Gasteiger partial charge on any atom is 0.375 e. The van der Waals surface area contributed by atoms with E-state index in [1.54, 1.807) is 20.1 Å². The highest BCUT2D eigenvalue weighted by molar-refractivity contribution is 5.97. The second-order valence-corrected chi connectivity index (χ2v) is 7.32. The van der Waals surface area contributed by atoms with Crippen LogP contribution in [0.25, 0.3) is 11.0 Å². The number of furan rings is 1. The largest absolute Gasteiger partial charge is 0.449 e. The number of rotatable bonds is 9. The minimum atomic E-state index is -0.944. The number of ether oxygens (including phenoxy) is 2. The van der Waals surface area contributed by atoms with Crippen LogP contribution in [0.1, 0.15) is 41.9 Å². The topological polar surface area (TPSA) is 77.8 Å². The van der Waals surface area contributed by atoms with Crippen LogP contribution in [0.15, 0.2) is 59.0 Å². The van der Waals surface area contributed by atoms with E-state index in [1.165, 1.54) is 5.56 Å². The van der Waals surface area contributed by atoms with E-state index < -0.39 is 12.1 Å². The van der Waals surface area contributed by atoms with Crippen LogP contribution in [0.2, 0.25) is 0 Å². The van der Waals surface area contributed by atoms with E-state index in [0.29, 0.717) is 11.1 Å². The lowest BCUT2D eigenvalue weighted by Crippen LogP contribution is -2.41. The molecule has 0 aliphatic carbocycles. The molecule has 0 spiro atoms. The number of para-hydroxylation sites is 1. The first kappa shape index (κ1) is 21.6. The molecule has 2 aromatic carbocycles. The molecule has 3 aromatic rings. The van der Waals surface area contributed by atoms with E-state index in [1.807, 2.05) is 43.3 Å². The first-order chi connectivity index (χ1) is 14.5. The zero-order valence-corrected chi connectivity index (χ0v) is 17.5. The lowest BCUT2D eigenvalue weighted by atomic mass is 10.1. The highest BCUT2D eigenvalue weighted by Crippen LogP contribution is 2.27. The van der Waals surface area contributed by atoms with Gasteiger partial charge in [-0.3, -0.25) is 4.79 Å². The van der Waals surface area contributed by atoms with E-state index in [0.717, 1.165) is 18.2 Å². The Morgan fingerprint density at radius 3 is 2.47 bits per heavy atom. The molecular formula is C24H27NO5. The first-order valence-corrected chi connectivity index (χ1v) is 10.0. The van der Waals surface area contributed by atoms with Crippen molar-refractivity contribution in [2.24, 2.45) is 0 Å². The second-order valence-electron chi connectivity index (χ2n) is 7.32. The van der Waals surface area contributed by atoms with Gasteiger partial charge in [-0.1, -0.05) is 48.5 Å². The minimum Gasteiger partial charge on any atom is -0.449 e. The molecule has 0 aliphatic heterocycles. The number of hydrogen-bond donors (Lipinski definition) is 1. The van der Waals surface area contributed by atoms with Crippen LogP contribution in [0.5, 0.6) is 0 Å². The molecule has 0 bridgehead atoms. The van der Waals surface area contributed by atoms with Crippen LogP contribution in [0, 0.1) is 0 Å². The molecule has 6 heteroatoms. The summed E-state index contributed by atoms with van der Waals surface area (Å²) in [6, 6.07) is 17.4. The molecule has 0 radical (unpaired) electrons. The molecule has 158 valence electrons. The zero-order valence-electron chi connectivity index (χ0n) is 17.5. The van der Waals surface area contributed by atoms with Gasteiger partial charge in [-0.05, 0) is 38.3 Å². The van der Waals surface area contributed by atoms with Crippen LogP contribution < -0.4 is 5.32 Å². The summed E-state index contributed by atoms with van der Waals surface area (Å²) < 4.78 is 16.3. The summed E-state index contributed by atoms with van der Waals surface area (Å²) in [6.45, 7) is 3.69. The van der Waals surface area contributed by atoms with E-state index in [4.69, 9.17) is 13.9 Å². The van der Waals surface area contributed by atoms with Crippen LogP contribution >= 0.6 is 0 Å². The van der Waals surface area contributed by atoms with Crippen molar-refractivity contribution in [1.29, 1.82) is 0 Å². The van der Waals surface area contributed by atoms with Crippen molar-refractivity contribution in [3.8, 4) is 0 Å². The molecule has 0 aliphatic rings. The highest BCUT2D eigenvalue weighted by atomic mass is 16.6. The normalized spacial score (nSPS) is 13.0. The van der Waals surface area contributed by atoms with Gasteiger partial charge in [-0.15, -0.1) is 0 Å². The Morgan fingerprint density at radius 1 is 1.03 bits per heavy atom. The molecule has 0 unspecified atom stereocenters. The van der Waals surface area contributed by atoms with E-state index in [-0.39, 0.29) is 24.3 Å². The molecule has 6 nitrogen and oxygen atoms in total. The lowest BCUT2D eigenvalue weighted by Gasteiger charge is -2.18. The summed E-state index contributed by atoms with van der Waals surface area (Å²) in [5, 5.41) is 3.69. The van der Waals surface area contributed by atoms with E-state index in [9.17, 15) is 9.59 Å². The highest BCUT2D eigenvalue weighted by Gasteiger charge is 2.26. The van der Waals surface area contributed by atoms with Gasteiger partial charge in [0.1, 0.15) is 5.58 Å². The molecular weight excluding hydrogens is 382 g/mol. The first-order valence-electron chi connectivity index (χ1n) is 10.0. The lowest BCUT2D eigenvalue weighted by molar-refractivity contribution is -0.129. The van der Waals surface area contributed by atoms with Gasteiger partial charge in [-0.25, -0.2) is 4.79 Å². The van der Waals surface area contributed by atoms with Crippen molar-refractivity contribution in [3.63, 3.8) is 0 Å². The van der Waals surface area contributed by atoms with Crippen molar-refractivity contribution in [2.75, 3.05) is 7.11 Å². The fourth-order valence-electron chi connectivity index (χ4n) is 3.28. The number of benzene rings is 2. The number of carbonyl (C=O) groups is 2. The second kappa shape index (κ2) is 10.1. The monoisotopic (exact) mass is 409 g/mol. The fourth-order valence-corrected chi connectivity index (χ4v) is 3.28. The third-order valence-corrected chi connectivity index (χ3v) is 4.92. The van der Waals surface area contributed by atoms with Gasteiger partial charge in [0, 0.05) is 24.1 Å². The summed E-state index contributed by atoms with van der Waals surface area (Å²) in [5.41, 5.74) is 2.40. The fraction of sp³-hybridized carbons (Fsp3) is 0.333. The maximum atomic E-state index is 12.7. The van der Waals surface area contributed by atoms with Gasteiger partial charge in [0.25, 0.3) is 5.91 Å². The van der Waals surface area contributed by atoms with Crippen LogP contribution in [-0.4, -0.2) is 31.1 Å². The molecule has 30 heavy (non-hydrogen) atoms. The Morgan fingerprint density at radius 2 is 1.73 bits per heavy atom. The number of nitrogens with one attached hydrogen (secondary N) is 1. The molecule has 2 atom stereocenters. The number of carbonyl (C=O) groups excluding carboxylic acids is 2. The van der Waals surface area contributed by atoms with Crippen molar-refractivity contribution in [3.05, 3.63) is 71.5 Å². The molecule has 0 saturated carbocycles. The third kappa shape index (κ3) is 5.27. The summed E-state index contributed by atoms with van der Waals surface area (Å²) in [5.74, 6) is -0.957. The number of esters is 1. The van der Waals surface area contributed by atoms with Crippen LogP contribution in [0.4, 0.5) is 0 Å². The number of hydrogen-bond acceptors (Lipinski definition) is 5. The summed E-state index contributed by atoms with van der Waals surface area (Å²) in [7, 11) is 1.55. The summed E-state index contributed by atoms with van der Waals surface area (Å²) >= 11 is 0. The minimum absolute atomic E-state index is 0.0471. The Balaban J connectivity index is 1.59. The number of aryl methyl sites for hydroxylation is 1. The molecule has 3 rings (SSSR count). The van der Waals surface area contributed by atoms with Crippen molar-refractivity contribution in [2.45, 2.75) is 45.4 Å². The molecule has 0 fully saturated rings. The molecule has 1 heterocycles. The van der Waals surface area contributed by atoms with Crippen molar-refractivity contribution >= 4 is 22.8 Å². The number of methoxy groups -OCH3 is 1. The molecule has 1 N–H and O–H groups in total. The van der Waals surface area contributed by atoms with Gasteiger partial charge in [-0.2, -0.15) is 0 Å². The van der Waals surface area contributed by atoms with E-state index in [2.05, 4.69) is 17.4 Å². The predicted octanol–water partition coefficient (Wildman–Crippen LogP) is 4.26. The van der Waals surface area contributed by atoms with Gasteiger partial charge >= 0.3 is 5.97 Å². The van der Waals surface area contributed by atoms with Gasteiger partial charge in [0.15, 0.2) is 6.10 Å². The number of fused-ring (bicyclic) bond motifs is 1. The van der Waals surface area contributed by atoms with Gasteiger partial charge in [0.05, 0.1) is 6.61 Å². The number of amides is 1. The average molecular weight is 409 g/mol. The Hall–Kier alpha value is -3.12. The molecule has 1 amide bonds. The third-order valence-electron chi connectivity index (χ3n) is 4.92. The Bertz CT molecular complexity index is 995. The van der Waals surface area contributed by atoms with Crippen LogP contribution in [-0.2, 0) is 27.3 Å². The Labute approximate surface area is 176 Å². The van der Waals surface area contributed by atoms with Crippen LogP contribution in [0.3, 0.4) is 0 Å². The van der Waals surface area contributed by atoms with E-state index >= 15 is 0 Å². The quantitative estimate of drug-likeness (QED) is 0.534. The predicted molar refractivity (Wildman–Crippen MR) is 114 cm³/mol. The summed E-state index contributed by atoms with van der Waals surface area (Å²) in [4.78, 5) is 25.1. The molecule has 1 aromatic heterocycles. The molecule has 0 saturated heterocycles. The maximum absolute atomic E-state index is 12.7.